The Morgan fingerprint density at radius 2 is 1.84 bits per heavy atom. The van der Waals surface area contributed by atoms with Crippen molar-refractivity contribution in [1.29, 1.82) is 0 Å². The molecule has 0 radical (unpaired) electrons. The molecular formula is C14H26N2O3. The van der Waals surface area contributed by atoms with E-state index in [1.807, 2.05) is 0 Å². The molecule has 1 unspecified atom stereocenters. The van der Waals surface area contributed by atoms with E-state index in [9.17, 15) is 9.59 Å². The van der Waals surface area contributed by atoms with E-state index in [0.717, 1.165) is 19.5 Å². The SMILES string of the molecule is CC(C)(CNC(=O)N1CCC(C(C)(C)C)C1)C(=O)O. The summed E-state index contributed by atoms with van der Waals surface area (Å²) in [5.41, 5.74) is -0.728. The molecule has 0 saturated carbocycles. The smallest absolute Gasteiger partial charge is 0.317 e. The maximum Gasteiger partial charge on any atom is 0.317 e. The molecule has 1 rings (SSSR count). The van der Waals surface area contributed by atoms with Crippen LogP contribution in [0.3, 0.4) is 0 Å². The van der Waals surface area contributed by atoms with E-state index in [1.54, 1.807) is 18.7 Å². The van der Waals surface area contributed by atoms with Crippen LogP contribution in [0.1, 0.15) is 41.0 Å². The first-order chi connectivity index (χ1) is 8.54. The molecule has 1 aliphatic rings. The zero-order valence-electron chi connectivity index (χ0n) is 12.6. The van der Waals surface area contributed by atoms with Crippen LogP contribution in [0.5, 0.6) is 0 Å². The Morgan fingerprint density at radius 1 is 1.26 bits per heavy atom. The number of carbonyl (C=O) groups excluding carboxylic acids is 1. The number of carbonyl (C=O) groups is 2. The van der Waals surface area contributed by atoms with Gasteiger partial charge in [-0.3, -0.25) is 4.79 Å². The molecule has 0 aromatic rings. The quantitative estimate of drug-likeness (QED) is 0.825. The summed E-state index contributed by atoms with van der Waals surface area (Å²) in [4.78, 5) is 24.8. The number of nitrogens with one attached hydrogen (secondary N) is 1. The van der Waals surface area contributed by atoms with Crippen LogP contribution < -0.4 is 5.32 Å². The summed E-state index contributed by atoms with van der Waals surface area (Å²) in [6, 6.07) is -0.152. The molecule has 0 aliphatic carbocycles. The van der Waals surface area contributed by atoms with Gasteiger partial charge in [-0.05, 0) is 31.6 Å². The standard InChI is InChI=1S/C14H26N2O3/c1-13(2,3)10-6-7-16(8-10)12(19)15-9-14(4,5)11(17)18/h10H,6-9H2,1-5H3,(H,15,19)(H,17,18). The van der Waals surface area contributed by atoms with Crippen LogP contribution in [0, 0.1) is 16.7 Å². The number of amides is 2. The summed E-state index contributed by atoms with van der Waals surface area (Å²) >= 11 is 0. The Balaban J connectivity index is 2.47. The maximum absolute atomic E-state index is 12.0. The summed E-state index contributed by atoms with van der Waals surface area (Å²) < 4.78 is 0. The van der Waals surface area contributed by atoms with Crippen LogP contribution in [0.4, 0.5) is 4.79 Å². The van der Waals surface area contributed by atoms with E-state index >= 15 is 0 Å². The van der Waals surface area contributed by atoms with Crippen molar-refractivity contribution in [2.24, 2.45) is 16.7 Å². The summed E-state index contributed by atoms with van der Waals surface area (Å²) in [7, 11) is 0. The molecule has 0 aromatic carbocycles. The van der Waals surface area contributed by atoms with Gasteiger partial charge in [-0.25, -0.2) is 4.79 Å². The Labute approximate surface area is 115 Å². The first-order valence-electron chi connectivity index (χ1n) is 6.80. The van der Waals surface area contributed by atoms with Crippen LogP contribution >= 0.6 is 0 Å². The molecule has 0 aromatic heterocycles. The summed E-state index contributed by atoms with van der Waals surface area (Å²) in [6.07, 6.45) is 1.01. The number of nitrogens with zero attached hydrogens (tertiary/aromatic N) is 1. The van der Waals surface area contributed by atoms with Crippen molar-refractivity contribution in [2.45, 2.75) is 41.0 Å². The highest BCUT2D eigenvalue weighted by atomic mass is 16.4. The number of hydrogen-bond donors (Lipinski definition) is 2. The van der Waals surface area contributed by atoms with E-state index < -0.39 is 11.4 Å². The zero-order chi connectivity index (χ0) is 14.8. The largest absolute Gasteiger partial charge is 0.481 e. The first kappa shape index (κ1) is 15.8. The number of carboxylic acid groups (broad SMARTS) is 1. The van der Waals surface area contributed by atoms with Crippen molar-refractivity contribution in [3.05, 3.63) is 0 Å². The molecule has 5 heteroatoms. The molecule has 2 N–H and O–H groups in total. The fourth-order valence-electron chi connectivity index (χ4n) is 2.14. The van der Waals surface area contributed by atoms with Crippen LogP contribution in [0.15, 0.2) is 0 Å². The molecule has 2 amide bonds. The second kappa shape index (κ2) is 5.39. The van der Waals surface area contributed by atoms with Gasteiger partial charge in [0.1, 0.15) is 0 Å². The first-order valence-corrected chi connectivity index (χ1v) is 6.80. The summed E-state index contributed by atoms with van der Waals surface area (Å²) in [5, 5.41) is 11.7. The molecule has 1 fully saturated rings. The second-order valence-electron chi connectivity index (χ2n) is 7.15. The van der Waals surface area contributed by atoms with E-state index in [-0.39, 0.29) is 18.0 Å². The lowest BCUT2D eigenvalue weighted by Gasteiger charge is -2.27. The molecule has 5 nitrogen and oxygen atoms in total. The lowest BCUT2D eigenvalue weighted by atomic mass is 9.80. The van der Waals surface area contributed by atoms with Crippen LogP contribution in [-0.2, 0) is 4.79 Å². The van der Waals surface area contributed by atoms with E-state index in [0.29, 0.717) is 5.92 Å². The van der Waals surface area contributed by atoms with Crippen molar-refractivity contribution in [2.75, 3.05) is 19.6 Å². The highest BCUT2D eigenvalue weighted by molar-refractivity contribution is 5.77. The van der Waals surface area contributed by atoms with E-state index in [4.69, 9.17) is 5.11 Å². The fraction of sp³-hybridized carbons (Fsp3) is 0.857. The Kier molecular flexibility index (Phi) is 4.48. The highest BCUT2D eigenvalue weighted by Gasteiger charge is 2.35. The topological polar surface area (TPSA) is 69.6 Å². The number of rotatable bonds is 3. The molecule has 1 saturated heterocycles. The van der Waals surface area contributed by atoms with Gasteiger partial charge in [0.15, 0.2) is 0 Å². The number of aliphatic carboxylic acids is 1. The lowest BCUT2D eigenvalue weighted by molar-refractivity contribution is -0.146. The molecule has 110 valence electrons. The third kappa shape index (κ3) is 4.11. The predicted molar refractivity (Wildman–Crippen MR) is 74.0 cm³/mol. The molecule has 1 atom stereocenters. The number of carboxylic acids is 1. The van der Waals surface area contributed by atoms with Crippen molar-refractivity contribution >= 4 is 12.0 Å². The van der Waals surface area contributed by atoms with Gasteiger partial charge in [-0.15, -0.1) is 0 Å². The van der Waals surface area contributed by atoms with Crippen LogP contribution in [0.25, 0.3) is 0 Å². The predicted octanol–water partition coefficient (Wildman–Crippen LogP) is 2.17. The Hall–Kier alpha value is -1.26. The molecule has 19 heavy (non-hydrogen) atoms. The number of likely N-dealkylation sites (tertiary alicyclic amines) is 1. The fourth-order valence-corrected chi connectivity index (χ4v) is 2.14. The average molecular weight is 270 g/mol. The van der Waals surface area contributed by atoms with Gasteiger partial charge in [0.25, 0.3) is 0 Å². The minimum absolute atomic E-state index is 0.151. The Morgan fingerprint density at radius 3 is 2.26 bits per heavy atom. The third-order valence-corrected chi connectivity index (χ3v) is 3.96. The third-order valence-electron chi connectivity index (χ3n) is 3.96. The lowest BCUT2D eigenvalue weighted by Crippen LogP contribution is -2.45. The van der Waals surface area contributed by atoms with Crippen molar-refractivity contribution in [3.8, 4) is 0 Å². The van der Waals surface area contributed by atoms with Gasteiger partial charge in [-0.2, -0.15) is 0 Å². The van der Waals surface area contributed by atoms with Gasteiger partial charge in [0, 0.05) is 19.6 Å². The van der Waals surface area contributed by atoms with Crippen molar-refractivity contribution in [1.82, 2.24) is 10.2 Å². The molecule has 1 aliphatic heterocycles. The van der Waals surface area contributed by atoms with Crippen molar-refractivity contribution in [3.63, 3.8) is 0 Å². The Bertz CT molecular complexity index is 358. The van der Waals surface area contributed by atoms with Gasteiger partial charge >= 0.3 is 12.0 Å². The maximum atomic E-state index is 12.0. The normalized spacial score (nSPS) is 20.5. The highest BCUT2D eigenvalue weighted by Crippen LogP contribution is 2.33. The van der Waals surface area contributed by atoms with Crippen LogP contribution in [-0.4, -0.2) is 41.6 Å². The van der Waals surface area contributed by atoms with Gasteiger partial charge < -0.3 is 15.3 Å². The van der Waals surface area contributed by atoms with Crippen LogP contribution in [0.2, 0.25) is 0 Å². The molecule has 0 spiro atoms. The minimum Gasteiger partial charge on any atom is -0.481 e. The number of hydrogen-bond acceptors (Lipinski definition) is 2. The average Bonchev–Trinajstić information content (AvgIpc) is 2.74. The molecule has 1 heterocycles. The van der Waals surface area contributed by atoms with Crippen molar-refractivity contribution < 1.29 is 14.7 Å². The second-order valence-corrected chi connectivity index (χ2v) is 7.15. The number of urea groups is 1. The monoisotopic (exact) mass is 270 g/mol. The summed E-state index contributed by atoms with van der Waals surface area (Å²) in [5.74, 6) is -0.396. The van der Waals surface area contributed by atoms with Gasteiger partial charge in [0.05, 0.1) is 5.41 Å². The van der Waals surface area contributed by atoms with E-state index in [1.165, 1.54) is 0 Å². The van der Waals surface area contributed by atoms with Gasteiger partial charge in [-0.1, -0.05) is 20.8 Å². The summed E-state index contributed by atoms with van der Waals surface area (Å²) in [6.45, 7) is 11.4. The van der Waals surface area contributed by atoms with E-state index in [2.05, 4.69) is 26.1 Å². The van der Waals surface area contributed by atoms with Gasteiger partial charge in [0.2, 0.25) is 0 Å². The minimum atomic E-state index is -0.932. The molecule has 0 bridgehead atoms. The zero-order valence-corrected chi connectivity index (χ0v) is 12.6. The molecular weight excluding hydrogens is 244 g/mol.